The van der Waals surface area contributed by atoms with Gasteiger partial charge in [0.15, 0.2) is 0 Å². The molecule has 2 aromatic rings. The van der Waals surface area contributed by atoms with Gasteiger partial charge < -0.3 is 0 Å². The maximum atomic E-state index is 12.8. The lowest BCUT2D eigenvalue weighted by atomic mass is 10.2. The van der Waals surface area contributed by atoms with Crippen LogP contribution in [0.1, 0.15) is 12.5 Å². The Kier molecular flexibility index (Phi) is 4.81. The molecule has 0 radical (unpaired) electrons. The van der Waals surface area contributed by atoms with Crippen molar-refractivity contribution in [2.24, 2.45) is 0 Å². The molecule has 2 rings (SSSR count). The van der Waals surface area contributed by atoms with E-state index in [-0.39, 0.29) is 6.54 Å². The molecule has 0 unspecified atom stereocenters. The lowest BCUT2D eigenvalue weighted by Gasteiger charge is -2.23. The molecule has 21 heavy (non-hydrogen) atoms. The molecular formula is C17H19NO2S. The molecule has 0 fully saturated rings. The van der Waals surface area contributed by atoms with E-state index < -0.39 is 10.0 Å². The number of benzene rings is 2. The second-order valence-electron chi connectivity index (χ2n) is 4.66. The first kappa shape index (κ1) is 15.3. The van der Waals surface area contributed by atoms with Crippen LogP contribution in [-0.4, -0.2) is 15.0 Å². The third kappa shape index (κ3) is 3.34. The largest absolute Gasteiger partial charge is 0.264 e. The molecule has 0 aromatic heterocycles. The van der Waals surface area contributed by atoms with E-state index >= 15 is 0 Å². The summed E-state index contributed by atoms with van der Waals surface area (Å²) >= 11 is 0. The minimum absolute atomic E-state index is 0.238. The summed E-state index contributed by atoms with van der Waals surface area (Å²) in [4.78, 5) is 0.297. The smallest absolute Gasteiger partial charge is 0.263 e. The van der Waals surface area contributed by atoms with Crippen molar-refractivity contribution in [3.8, 4) is 0 Å². The van der Waals surface area contributed by atoms with Gasteiger partial charge in [-0.15, -0.1) is 6.58 Å². The van der Waals surface area contributed by atoms with Gasteiger partial charge >= 0.3 is 0 Å². The van der Waals surface area contributed by atoms with Crippen molar-refractivity contribution in [1.82, 2.24) is 0 Å². The predicted octanol–water partition coefficient (Wildman–Crippen LogP) is 3.63. The highest BCUT2D eigenvalue weighted by Gasteiger charge is 2.23. The Morgan fingerprint density at radius 3 is 2.19 bits per heavy atom. The topological polar surface area (TPSA) is 37.4 Å². The summed E-state index contributed by atoms with van der Waals surface area (Å²) in [5.41, 5.74) is 1.75. The van der Waals surface area contributed by atoms with Crippen molar-refractivity contribution in [2.75, 3.05) is 10.8 Å². The van der Waals surface area contributed by atoms with Gasteiger partial charge in [-0.05, 0) is 36.2 Å². The summed E-state index contributed by atoms with van der Waals surface area (Å²) in [6.07, 6.45) is 2.47. The predicted molar refractivity (Wildman–Crippen MR) is 87.0 cm³/mol. The van der Waals surface area contributed by atoms with Gasteiger partial charge in [0.1, 0.15) is 0 Å². The van der Waals surface area contributed by atoms with E-state index in [4.69, 9.17) is 0 Å². The van der Waals surface area contributed by atoms with Crippen molar-refractivity contribution in [1.29, 1.82) is 0 Å². The van der Waals surface area contributed by atoms with Gasteiger partial charge in [-0.2, -0.15) is 0 Å². The highest BCUT2D eigenvalue weighted by Crippen LogP contribution is 2.23. The Bertz CT molecular complexity index is 691. The van der Waals surface area contributed by atoms with Crippen LogP contribution in [0.2, 0.25) is 0 Å². The summed E-state index contributed by atoms with van der Waals surface area (Å²) in [6.45, 7) is 5.93. The number of hydrogen-bond donors (Lipinski definition) is 0. The summed E-state index contributed by atoms with van der Waals surface area (Å²) < 4.78 is 27.0. The number of anilines is 1. The van der Waals surface area contributed by atoms with Crippen LogP contribution in [0.15, 0.2) is 72.1 Å². The first-order chi connectivity index (χ1) is 10.1. The van der Waals surface area contributed by atoms with E-state index in [2.05, 4.69) is 6.58 Å². The Hall–Kier alpha value is -2.07. The zero-order valence-corrected chi connectivity index (χ0v) is 12.9. The molecule has 0 amide bonds. The molecule has 0 aliphatic carbocycles. The molecule has 0 saturated heterocycles. The second kappa shape index (κ2) is 6.59. The van der Waals surface area contributed by atoms with Gasteiger partial charge in [0.25, 0.3) is 10.0 Å². The van der Waals surface area contributed by atoms with E-state index in [0.717, 1.165) is 12.0 Å². The van der Waals surface area contributed by atoms with Crippen LogP contribution in [0.25, 0.3) is 0 Å². The van der Waals surface area contributed by atoms with E-state index in [1.807, 2.05) is 37.3 Å². The van der Waals surface area contributed by atoms with E-state index in [0.29, 0.717) is 10.6 Å². The molecule has 4 heteroatoms. The summed E-state index contributed by atoms with van der Waals surface area (Å²) in [7, 11) is -3.58. The van der Waals surface area contributed by atoms with Gasteiger partial charge in [0.2, 0.25) is 0 Å². The third-order valence-corrected chi connectivity index (χ3v) is 5.07. The number of para-hydroxylation sites is 1. The van der Waals surface area contributed by atoms with Gasteiger partial charge in [-0.1, -0.05) is 43.3 Å². The number of rotatable bonds is 6. The normalized spacial score (nSPS) is 11.1. The molecule has 0 bridgehead atoms. The molecule has 0 heterocycles. The van der Waals surface area contributed by atoms with Crippen LogP contribution in [0.3, 0.4) is 0 Å². The molecule has 110 valence electrons. The number of nitrogens with zero attached hydrogens (tertiary/aromatic N) is 1. The van der Waals surface area contributed by atoms with E-state index in [1.165, 1.54) is 4.31 Å². The molecule has 0 saturated carbocycles. The standard InChI is InChI=1S/C17H19NO2S/c1-3-14-18(16-8-6-5-7-9-16)21(19,20)17-12-10-15(4-2)11-13-17/h3,5-13H,1,4,14H2,2H3. The van der Waals surface area contributed by atoms with Crippen molar-refractivity contribution >= 4 is 15.7 Å². The minimum Gasteiger partial charge on any atom is -0.263 e. The van der Waals surface area contributed by atoms with Crippen LogP contribution in [0, 0.1) is 0 Å². The molecule has 2 aromatic carbocycles. The summed E-state index contributed by atoms with van der Waals surface area (Å²) in [6, 6.07) is 16.1. The molecule has 0 aliphatic heterocycles. The van der Waals surface area contributed by atoms with Crippen molar-refractivity contribution in [3.63, 3.8) is 0 Å². The maximum Gasteiger partial charge on any atom is 0.264 e. The van der Waals surface area contributed by atoms with Crippen molar-refractivity contribution in [3.05, 3.63) is 72.8 Å². The van der Waals surface area contributed by atoms with Crippen LogP contribution >= 0.6 is 0 Å². The van der Waals surface area contributed by atoms with Crippen LogP contribution in [0.5, 0.6) is 0 Å². The van der Waals surface area contributed by atoms with Gasteiger partial charge in [0, 0.05) is 0 Å². The lowest BCUT2D eigenvalue weighted by Crippen LogP contribution is -2.31. The Balaban J connectivity index is 2.44. The Labute approximate surface area is 126 Å². The Morgan fingerprint density at radius 2 is 1.67 bits per heavy atom. The molecule has 0 N–H and O–H groups in total. The number of sulfonamides is 1. The zero-order chi connectivity index (χ0) is 15.3. The fourth-order valence-electron chi connectivity index (χ4n) is 2.08. The second-order valence-corrected chi connectivity index (χ2v) is 6.52. The quantitative estimate of drug-likeness (QED) is 0.764. The zero-order valence-electron chi connectivity index (χ0n) is 12.1. The van der Waals surface area contributed by atoms with Crippen LogP contribution < -0.4 is 4.31 Å². The highest BCUT2D eigenvalue weighted by atomic mass is 32.2. The lowest BCUT2D eigenvalue weighted by molar-refractivity contribution is 0.593. The Morgan fingerprint density at radius 1 is 1.05 bits per heavy atom. The molecule has 0 atom stereocenters. The first-order valence-corrected chi connectivity index (χ1v) is 8.31. The van der Waals surface area contributed by atoms with Gasteiger partial charge in [-0.25, -0.2) is 8.42 Å². The summed E-state index contributed by atoms with van der Waals surface area (Å²) in [5.74, 6) is 0. The number of aryl methyl sites for hydroxylation is 1. The first-order valence-electron chi connectivity index (χ1n) is 6.87. The highest BCUT2D eigenvalue weighted by molar-refractivity contribution is 7.92. The van der Waals surface area contributed by atoms with Crippen LogP contribution in [0.4, 0.5) is 5.69 Å². The minimum atomic E-state index is -3.58. The van der Waals surface area contributed by atoms with Crippen molar-refractivity contribution < 1.29 is 8.42 Å². The monoisotopic (exact) mass is 301 g/mol. The average molecular weight is 301 g/mol. The maximum absolute atomic E-state index is 12.8. The molecule has 0 aliphatic rings. The fraction of sp³-hybridized carbons (Fsp3) is 0.176. The molecule has 3 nitrogen and oxygen atoms in total. The van der Waals surface area contributed by atoms with Gasteiger partial charge in [-0.3, -0.25) is 4.31 Å². The summed E-state index contributed by atoms with van der Waals surface area (Å²) in [5, 5.41) is 0. The average Bonchev–Trinajstić information content (AvgIpc) is 2.53. The number of hydrogen-bond acceptors (Lipinski definition) is 2. The molecule has 0 spiro atoms. The SMILES string of the molecule is C=CCN(c1ccccc1)S(=O)(=O)c1ccc(CC)cc1. The van der Waals surface area contributed by atoms with E-state index in [9.17, 15) is 8.42 Å². The fourth-order valence-corrected chi connectivity index (χ4v) is 3.51. The van der Waals surface area contributed by atoms with E-state index in [1.54, 1.807) is 30.3 Å². The van der Waals surface area contributed by atoms with Crippen molar-refractivity contribution in [2.45, 2.75) is 18.2 Å². The van der Waals surface area contributed by atoms with Gasteiger partial charge in [0.05, 0.1) is 17.1 Å². The third-order valence-electron chi connectivity index (χ3n) is 3.26. The molecular weight excluding hydrogens is 282 g/mol. The van der Waals surface area contributed by atoms with Crippen LogP contribution in [-0.2, 0) is 16.4 Å².